The molecule has 1 amide bonds. The van der Waals surface area contributed by atoms with Gasteiger partial charge >= 0.3 is 0 Å². The lowest BCUT2D eigenvalue weighted by atomic mass is 10.1. The van der Waals surface area contributed by atoms with Crippen molar-refractivity contribution in [1.82, 2.24) is 0 Å². The minimum Gasteiger partial charge on any atom is -0.395 e. The highest BCUT2D eigenvalue weighted by molar-refractivity contribution is 5.94. The van der Waals surface area contributed by atoms with Crippen LogP contribution in [0.3, 0.4) is 0 Å². The van der Waals surface area contributed by atoms with E-state index in [2.05, 4.69) is 17.2 Å². The Balaban J connectivity index is 2.01. The third-order valence-electron chi connectivity index (χ3n) is 3.18. The van der Waals surface area contributed by atoms with Crippen molar-refractivity contribution in [2.45, 2.75) is 32.3 Å². The molecule has 1 unspecified atom stereocenters. The molecular formula is C16H19NO3. The SMILES string of the molecule is Cc1cc(NC(=O)C2CCCO2)ccc1C#CCCO. The Morgan fingerprint density at radius 1 is 1.55 bits per heavy atom. The number of nitrogens with one attached hydrogen (secondary N) is 1. The summed E-state index contributed by atoms with van der Waals surface area (Å²) >= 11 is 0. The van der Waals surface area contributed by atoms with Crippen molar-refractivity contribution >= 4 is 11.6 Å². The van der Waals surface area contributed by atoms with E-state index in [1.807, 2.05) is 25.1 Å². The third kappa shape index (κ3) is 3.83. The molecule has 20 heavy (non-hydrogen) atoms. The van der Waals surface area contributed by atoms with Crippen LogP contribution >= 0.6 is 0 Å². The first-order chi connectivity index (χ1) is 9.70. The van der Waals surface area contributed by atoms with Gasteiger partial charge in [0, 0.05) is 24.3 Å². The van der Waals surface area contributed by atoms with Gasteiger partial charge in [0.2, 0.25) is 0 Å². The van der Waals surface area contributed by atoms with E-state index in [1.165, 1.54) is 0 Å². The summed E-state index contributed by atoms with van der Waals surface area (Å²) in [6.07, 6.45) is 1.88. The van der Waals surface area contributed by atoms with Gasteiger partial charge in [0.05, 0.1) is 6.61 Å². The van der Waals surface area contributed by atoms with E-state index < -0.39 is 0 Å². The zero-order valence-corrected chi connectivity index (χ0v) is 11.6. The van der Waals surface area contributed by atoms with Crippen LogP contribution in [0.2, 0.25) is 0 Å². The predicted molar refractivity (Wildman–Crippen MR) is 77.4 cm³/mol. The molecule has 1 saturated heterocycles. The van der Waals surface area contributed by atoms with Crippen molar-refractivity contribution < 1.29 is 14.6 Å². The van der Waals surface area contributed by atoms with Gasteiger partial charge in [0.25, 0.3) is 5.91 Å². The highest BCUT2D eigenvalue weighted by Crippen LogP contribution is 2.17. The first-order valence-electron chi connectivity index (χ1n) is 6.83. The minimum atomic E-state index is -0.320. The quantitative estimate of drug-likeness (QED) is 0.826. The van der Waals surface area contributed by atoms with Gasteiger partial charge < -0.3 is 15.2 Å². The molecule has 0 aromatic heterocycles. The van der Waals surface area contributed by atoms with Crippen LogP contribution in [0.5, 0.6) is 0 Å². The summed E-state index contributed by atoms with van der Waals surface area (Å²) < 4.78 is 5.35. The Labute approximate surface area is 119 Å². The van der Waals surface area contributed by atoms with Crippen molar-refractivity contribution in [3.05, 3.63) is 29.3 Å². The van der Waals surface area contributed by atoms with Crippen LogP contribution in [0.4, 0.5) is 5.69 Å². The lowest BCUT2D eigenvalue weighted by molar-refractivity contribution is -0.124. The number of rotatable bonds is 3. The lowest BCUT2D eigenvalue weighted by Crippen LogP contribution is -2.26. The molecule has 2 rings (SSSR count). The molecule has 1 aromatic rings. The molecule has 2 N–H and O–H groups in total. The Morgan fingerprint density at radius 2 is 2.40 bits per heavy atom. The predicted octanol–water partition coefficient (Wildman–Crippen LogP) is 1.85. The van der Waals surface area contributed by atoms with Crippen molar-refractivity contribution in [1.29, 1.82) is 0 Å². The zero-order chi connectivity index (χ0) is 14.4. The Bertz CT molecular complexity index is 536. The van der Waals surface area contributed by atoms with E-state index in [4.69, 9.17) is 9.84 Å². The number of benzene rings is 1. The lowest BCUT2D eigenvalue weighted by Gasteiger charge is -2.11. The highest BCUT2D eigenvalue weighted by Gasteiger charge is 2.23. The molecular weight excluding hydrogens is 254 g/mol. The first kappa shape index (κ1) is 14.6. The molecule has 0 saturated carbocycles. The molecule has 1 aliphatic heterocycles. The van der Waals surface area contributed by atoms with E-state index >= 15 is 0 Å². The Morgan fingerprint density at radius 3 is 3.05 bits per heavy atom. The molecule has 106 valence electrons. The first-order valence-corrected chi connectivity index (χ1v) is 6.83. The van der Waals surface area contributed by atoms with E-state index in [0.29, 0.717) is 13.0 Å². The number of anilines is 1. The monoisotopic (exact) mass is 273 g/mol. The fraction of sp³-hybridized carbons (Fsp3) is 0.438. The highest BCUT2D eigenvalue weighted by atomic mass is 16.5. The van der Waals surface area contributed by atoms with E-state index in [0.717, 1.165) is 29.7 Å². The van der Waals surface area contributed by atoms with Crippen molar-refractivity contribution in [3.8, 4) is 11.8 Å². The average Bonchev–Trinajstić information content (AvgIpc) is 2.95. The number of amides is 1. The van der Waals surface area contributed by atoms with Gasteiger partial charge in [-0.1, -0.05) is 11.8 Å². The van der Waals surface area contributed by atoms with Gasteiger partial charge in [-0.15, -0.1) is 0 Å². The molecule has 0 bridgehead atoms. The number of hydrogen-bond acceptors (Lipinski definition) is 3. The maximum Gasteiger partial charge on any atom is 0.253 e. The summed E-state index contributed by atoms with van der Waals surface area (Å²) in [5.41, 5.74) is 2.67. The summed E-state index contributed by atoms with van der Waals surface area (Å²) in [5, 5.41) is 11.6. The number of aryl methyl sites for hydroxylation is 1. The smallest absolute Gasteiger partial charge is 0.253 e. The average molecular weight is 273 g/mol. The second-order valence-electron chi connectivity index (χ2n) is 4.80. The fourth-order valence-corrected chi connectivity index (χ4v) is 2.10. The summed E-state index contributed by atoms with van der Waals surface area (Å²) in [7, 11) is 0. The third-order valence-corrected chi connectivity index (χ3v) is 3.18. The summed E-state index contributed by atoms with van der Waals surface area (Å²) in [6.45, 7) is 2.68. The summed E-state index contributed by atoms with van der Waals surface area (Å²) in [5.74, 6) is 5.81. The minimum absolute atomic E-state index is 0.0710. The molecule has 0 radical (unpaired) electrons. The van der Waals surface area contributed by atoms with Crippen molar-refractivity contribution in [2.75, 3.05) is 18.5 Å². The normalized spacial score (nSPS) is 17.4. The van der Waals surface area contributed by atoms with Gasteiger partial charge in [-0.05, 0) is 43.5 Å². The van der Waals surface area contributed by atoms with Crippen LogP contribution in [-0.4, -0.2) is 30.3 Å². The van der Waals surface area contributed by atoms with Crippen LogP contribution in [0, 0.1) is 18.8 Å². The van der Waals surface area contributed by atoms with Gasteiger partial charge in [-0.2, -0.15) is 0 Å². The standard InChI is InChI=1S/C16H19NO3/c1-12-11-14(8-7-13(12)5-2-3-9-18)17-16(19)15-6-4-10-20-15/h7-8,11,15,18H,3-4,6,9-10H2,1H3,(H,17,19). The molecule has 1 fully saturated rings. The molecule has 1 heterocycles. The van der Waals surface area contributed by atoms with Crippen LogP contribution < -0.4 is 5.32 Å². The topological polar surface area (TPSA) is 58.6 Å². The van der Waals surface area contributed by atoms with Crippen LogP contribution in [-0.2, 0) is 9.53 Å². The largest absolute Gasteiger partial charge is 0.395 e. The molecule has 1 aliphatic rings. The van der Waals surface area contributed by atoms with Gasteiger partial charge in [-0.25, -0.2) is 0 Å². The molecule has 0 aliphatic carbocycles. The van der Waals surface area contributed by atoms with E-state index in [-0.39, 0.29) is 18.6 Å². The maximum absolute atomic E-state index is 11.9. The fourth-order valence-electron chi connectivity index (χ4n) is 2.10. The maximum atomic E-state index is 11.9. The summed E-state index contributed by atoms with van der Waals surface area (Å²) in [6, 6.07) is 5.61. The molecule has 4 nitrogen and oxygen atoms in total. The van der Waals surface area contributed by atoms with Crippen molar-refractivity contribution in [3.63, 3.8) is 0 Å². The van der Waals surface area contributed by atoms with Crippen molar-refractivity contribution in [2.24, 2.45) is 0 Å². The number of ether oxygens (including phenoxy) is 1. The van der Waals surface area contributed by atoms with E-state index in [1.54, 1.807) is 0 Å². The molecule has 1 atom stereocenters. The van der Waals surface area contributed by atoms with Gasteiger partial charge in [0.1, 0.15) is 6.10 Å². The number of carbonyl (C=O) groups excluding carboxylic acids is 1. The van der Waals surface area contributed by atoms with Crippen LogP contribution in [0.15, 0.2) is 18.2 Å². The van der Waals surface area contributed by atoms with Crippen LogP contribution in [0.25, 0.3) is 0 Å². The number of carbonyl (C=O) groups is 1. The number of aliphatic hydroxyl groups is 1. The second-order valence-corrected chi connectivity index (χ2v) is 4.80. The van der Waals surface area contributed by atoms with Crippen LogP contribution in [0.1, 0.15) is 30.4 Å². The van der Waals surface area contributed by atoms with E-state index in [9.17, 15) is 4.79 Å². The number of aliphatic hydroxyl groups excluding tert-OH is 1. The van der Waals surface area contributed by atoms with Gasteiger partial charge in [-0.3, -0.25) is 4.79 Å². The molecule has 1 aromatic carbocycles. The number of hydrogen-bond donors (Lipinski definition) is 2. The Kier molecular flexibility index (Phi) is 5.16. The Hall–Kier alpha value is -1.83. The molecule has 0 spiro atoms. The van der Waals surface area contributed by atoms with Gasteiger partial charge in [0.15, 0.2) is 0 Å². The second kappa shape index (κ2) is 7.09. The zero-order valence-electron chi connectivity index (χ0n) is 11.6. The summed E-state index contributed by atoms with van der Waals surface area (Å²) in [4.78, 5) is 11.9. The molecule has 4 heteroatoms.